The second-order valence-corrected chi connectivity index (χ2v) is 4.57. The molecule has 0 spiro atoms. The summed E-state index contributed by atoms with van der Waals surface area (Å²) < 4.78 is 0. The minimum absolute atomic E-state index is 0.323. The second kappa shape index (κ2) is 4.80. The first kappa shape index (κ1) is 12.0. The maximum atomic E-state index is 6.08. The van der Waals surface area contributed by atoms with Crippen LogP contribution in [0.5, 0.6) is 0 Å². The van der Waals surface area contributed by atoms with Crippen molar-refractivity contribution in [2.75, 3.05) is 0 Å². The monoisotopic (exact) mass is 290 g/mol. The zero-order valence-electron chi connectivity index (χ0n) is 7.77. The summed E-state index contributed by atoms with van der Waals surface area (Å²) in [6, 6.07) is 6.86. The molecule has 0 amide bonds. The number of hydrogen-bond donors (Lipinski definition) is 0. The highest BCUT2D eigenvalue weighted by molar-refractivity contribution is 6.49. The first-order valence-electron chi connectivity index (χ1n) is 4.27. The molecule has 5 heteroatoms. The van der Waals surface area contributed by atoms with Crippen LogP contribution in [0.25, 0.3) is 11.1 Å². The number of nitrogens with zero attached hydrogens (tertiary/aromatic N) is 1. The standard InChI is InChI=1S/C11H4Cl4N/c12-8-3-2-7(10(14)11(8)15)6-1-4-9(13)16-5-6/h1-4H. The molecule has 0 fully saturated rings. The van der Waals surface area contributed by atoms with Crippen LogP contribution in [0.1, 0.15) is 0 Å². The fraction of sp³-hybridized carbons (Fsp3) is 0. The first-order valence-corrected chi connectivity index (χ1v) is 5.79. The summed E-state index contributed by atoms with van der Waals surface area (Å²) in [5.41, 5.74) is 1.44. The van der Waals surface area contributed by atoms with Crippen molar-refractivity contribution in [3.8, 4) is 11.1 Å². The molecule has 0 aliphatic rings. The molecule has 0 saturated carbocycles. The molecule has 1 heterocycles. The van der Waals surface area contributed by atoms with Crippen molar-refractivity contribution in [3.63, 3.8) is 0 Å². The van der Waals surface area contributed by atoms with Crippen molar-refractivity contribution >= 4 is 46.4 Å². The van der Waals surface area contributed by atoms with Gasteiger partial charge >= 0.3 is 0 Å². The van der Waals surface area contributed by atoms with Gasteiger partial charge in [0.1, 0.15) is 5.15 Å². The maximum Gasteiger partial charge on any atom is 0.129 e. The summed E-state index contributed by atoms with van der Waals surface area (Å²) in [7, 11) is 0. The number of pyridine rings is 1. The normalized spacial score (nSPS) is 10.5. The largest absolute Gasteiger partial charge is 0.234 e. The predicted molar refractivity (Wildman–Crippen MR) is 68.5 cm³/mol. The molecule has 0 bridgehead atoms. The van der Waals surface area contributed by atoms with Gasteiger partial charge in [-0.1, -0.05) is 52.5 Å². The van der Waals surface area contributed by atoms with Crippen LogP contribution in [-0.4, -0.2) is 4.98 Å². The van der Waals surface area contributed by atoms with Crippen LogP contribution in [0, 0.1) is 6.20 Å². The van der Waals surface area contributed by atoms with Gasteiger partial charge in [-0.05, 0) is 18.2 Å². The average Bonchev–Trinajstić information content (AvgIpc) is 2.28. The van der Waals surface area contributed by atoms with Crippen molar-refractivity contribution in [2.45, 2.75) is 0 Å². The molecule has 1 aromatic heterocycles. The minimum Gasteiger partial charge on any atom is -0.234 e. The number of aromatic nitrogens is 1. The van der Waals surface area contributed by atoms with E-state index in [9.17, 15) is 0 Å². The Balaban J connectivity index is 2.57. The van der Waals surface area contributed by atoms with Crippen molar-refractivity contribution in [3.05, 3.63) is 50.7 Å². The molecular weight excluding hydrogens is 288 g/mol. The first-order chi connectivity index (χ1) is 7.59. The van der Waals surface area contributed by atoms with Crippen LogP contribution < -0.4 is 0 Å². The van der Waals surface area contributed by atoms with Gasteiger partial charge in [-0.2, -0.15) is 0 Å². The van der Waals surface area contributed by atoms with E-state index in [1.807, 2.05) is 0 Å². The van der Waals surface area contributed by atoms with Gasteiger partial charge in [0, 0.05) is 11.1 Å². The summed E-state index contributed by atoms with van der Waals surface area (Å²) in [6.07, 6.45) is 2.77. The van der Waals surface area contributed by atoms with Crippen LogP contribution in [0.4, 0.5) is 0 Å². The lowest BCUT2D eigenvalue weighted by molar-refractivity contribution is 1.31. The average molecular weight is 292 g/mol. The fourth-order valence-corrected chi connectivity index (χ4v) is 1.97. The van der Waals surface area contributed by atoms with Crippen LogP contribution in [0.3, 0.4) is 0 Å². The lowest BCUT2D eigenvalue weighted by Crippen LogP contribution is -1.84. The Hall–Kier alpha value is -0.470. The third-order valence-corrected chi connectivity index (χ3v) is 3.50. The molecule has 0 atom stereocenters. The second-order valence-electron chi connectivity index (χ2n) is 3.02. The van der Waals surface area contributed by atoms with Crippen molar-refractivity contribution in [1.82, 2.24) is 4.98 Å². The number of hydrogen-bond acceptors (Lipinski definition) is 1. The molecule has 2 aromatic rings. The van der Waals surface area contributed by atoms with E-state index in [0.29, 0.717) is 25.8 Å². The van der Waals surface area contributed by atoms with Crippen LogP contribution in [-0.2, 0) is 0 Å². The molecule has 2 rings (SSSR count). The maximum absolute atomic E-state index is 6.08. The lowest BCUT2D eigenvalue weighted by Gasteiger charge is -2.06. The van der Waals surface area contributed by atoms with E-state index in [0.717, 1.165) is 5.56 Å². The predicted octanol–water partition coefficient (Wildman–Crippen LogP) is 5.16. The van der Waals surface area contributed by atoms with E-state index >= 15 is 0 Å². The summed E-state index contributed by atoms with van der Waals surface area (Å²) in [4.78, 5) is 3.85. The van der Waals surface area contributed by atoms with Gasteiger partial charge < -0.3 is 0 Å². The zero-order chi connectivity index (χ0) is 11.7. The Morgan fingerprint density at radius 1 is 0.875 bits per heavy atom. The molecule has 1 aromatic carbocycles. The molecule has 0 unspecified atom stereocenters. The number of halogens is 4. The number of rotatable bonds is 1. The molecule has 16 heavy (non-hydrogen) atoms. The minimum atomic E-state index is 0.323. The lowest BCUT2D eigenvalue weighted by atomic mass is 10.1. The third kappa shape index (κ3) is 2.28. The molecule has 0 aliphatic heterocycles. The molecule has 81 valence electrons. The van der Waals surface area contributed by atoms with Gasteiger partial charge in [-0.25, -0.2) is 4.98 Å². The fourth-order valence-electron chi connectivity index (χ4n) is 1.22. The molecule has 0 saturated heterocycles. The molecule has 1 radical (unpaired) electrons. The number of benzene rings is 1. The highest BCUT2D eigenvalue weighted by Crippen LogP contribution is 2.37. The Bertz CT molecular complexity index is 522. The van der Waals surface area contributed by atoms with E-state index in [2.05, 4.69) is 11.2 Å². The van der Waals surface area contributed by atoms with Crippen LogP contribution in [0.2, 0.25) is 20.2 Å². The SMILES string of the molecule is Clc1ccc(-c2ccc(Cl)c(Cl)c2Cl)[c]n1. The summed E-state index contributed by atoms with van der Waals surface area (Å²) in [6.45, 7) is 0. The van der Waals surface area contributed by atoms with Gasteiger partial charge in [0.25, 0.3) is 0 Å². The Morgan fingerprint density at radius 2 is 1.62 bits per heavy atom. The summed E-state index contributed by atoms with van der Waals surface area (Å²) in [5.74, 6) is 0. The third-order valence-electron chi connectivity index (χ3n) is 2.00. The van der Waals surface area contributed by atoms with Gasteiger partial charge in [0.15, 0.2) is 0 Å². The highest BCUT2D eigenvalue weighted by Gasteiger charge is 2.10. The molecule has 0 aliphatic carbocycles. The molecule has 0 N–H and O–H groups in total. The van der Waals surface area contributed by atoms with Gasteiger partial charge in [-0.15, -0.1) is 0 Å². The van der Waals surface area contributed by atoms with E-state index in [1.165, 1.54) is 0 Å². The van der Waals surface area contributed by atoms with Gasteiger partial charge in [0.2, 0.25) is 0 Å². The zero-order valence-corrected chi connectivity index (χ0v) is 10.8. The van der Waals surface area contributed by atoms with Crippen molar-refractivity contribution in [2.24, 2.45) is 0 Å². The van der Waals surface area contributed by atoms with Crippen LogP contribution >= 0.6 is 46.4 Å². The van der Waals surface area contributed by atoms with E-state index in [1.54, 1.807) is 24.3 Å². The van der Waals surface area contributed by atoms with Crippen molar-refractivity contribution in [1.29, 1.82) is 0 Å². The quantitative estimate of drug-likeness (QED) is 0.522. The molecular formula is C11H4Cl4N. The van der Waals surface area contributed by atoms with E-state index < -0.39 is 0 Å². The van der Waals surface area contributed by atoms with Crippen molar-refractivity contribution < 1.29 is 0 Å². The Morgan fingerprint density at radius 3 is 2.25 bits per heavy atom. The highest BCUT2D eigenvalue weighted by atomic mass is 35.5. The van der Waals surface area contributed by atoms with Gasteiger partial charge in [-0.3, -0.25) is 0 Å². The van der Waals surface area contributed by atoms with E-state index in [4.69, 9.17) is 46.4 Å². The summed E-state index contributed by atoms with van der Waals surface area (Å²) in [5, 5.41) is 1.50. The van der Waals surface area contributed by atoms with Gasteiger partial charge in [0.05, 0.1) is 21.3 Å². The van der Waals surface area contributed by atoms with E-state index in [-0.39, 0.29) is 0 Å². The Kier molecular flexibility index (Phi) is 3.60. The smallest absolute Gasteiger partial charge is 0.129 e. The Labute approximate surface area is 113 Å². The molecule has 1 nitrogen and oxygen atoms in total. The topological polar surface area (TPSA) is 12.9 Å². The summed E-state index contributed by atoms with van der Waals surface area (Å²) >= 11 is 23.5. The van der Waals surface area contributed by atoms with Crippen LogP contribution in [0.15, 0.2) is 24.3 Å².